The quantitative estimate of drug-likeness (QED) is 0.174. The first-order chi connectivity index (χ1) is 19.9. The first kappa shape index (κ1) is 28.1. The summed E-state index contributed by atoms with van der Waals surface area (Å²) in [5.74, 6) is -3.03. The first-order valence-corrected chi connectivity index (χ1v) is 14.1. The molecule has 4 aliphatic rings. The number of carbonyl (C=O) groups excluding carboxylic acids is 2. The molecule has 6 rings (SSSR count). The summed E-state index contributed by atoms with van der Waals surface area (Å²) in [5.41, 5.74) is 12.1. The van der Waals surface area contributed by atoms with E-state index in [1.165, 1.54) is 4.90 Å². The molecule has 1 saturated heterocycles. The van der Waals surface area contributed by atoms with Crippen LogP contribution in [-0.4, -0.2) is 88.1 Å². The molecule has 13 nitrogen and oxygen atoms in total. The third-order valence-electron chi connectivity index (χ3n) is 8.74. The van der Waals surface area contributed by atoms with Gasteiger partial charge in [-0.25, -0.2) is 10.3 Å². The second kappa shape index (κ2) is 9.75. The number of rotatable bonds is 5. The highest BCUT2D eigenvalue weighted by molar-refractivity contribution is 6.33. The predicted molar refractivity (Wildman–Crippen MR) is 154 cm³/mol. The van der Waals surface area contributed by atoms with Gasteiger partial charge in [-0.15, -0.1) is 0 Å². The maximum atomic E-state index is 13.6. The third-order valence-corrected chi connectivity index (χ3v) is 9.07. The van der Waals surface area contributed by atoms with Gasteiger partial charge in [-0.3, -0.25) is 25.2 Å². The molecule has 1 spiro atoms. The highest BCUT2D eigenvalue weighted by Gasteiger charge is 2.76. The lowest BCUT2D eigenvalue weighted by Crippen LogP contribution is -2.90. The van der Waals surface area contributed by atoms with E-state index >= 15 is 0 Å². The van der Waals surface area contributed by atoms with E-state index < -0.39 is 41.4 Å². The SMILES string of the molecule is CC1(C)CCOc2c(C(=O)NC3CN4C(N)=N[C@@H](CNC(=O)c5ccccc5Cl)[C@@H]5[NH+]=C(N)NC54C3(O)O)cccc21. The number of nitrogens with two attached hydrogens (primary N) is 2. The summed E-state index contributed by atoms with van der Waals surface area (Å²) in [6.07, 6.45) is 0.804. The van der Waals surface area contributed by atoms with Crippen LogP contribution in [0.25, 0.3) is 0 Å². The van der Waals surface area contributed by atoms with Crippen LogP contribution in [0.15, 0.2) is 47.5 Å². The van der Waals surface area contributed by atoms with E-state index in [-0.39, 0.29) is 41.0 Å². The van der Waals surface area contributed by atoms with Crippen LogP contribution in [0.2, 0.25) is 5.02 Å². The average Bonchev–Trinajstić information content (AvgIpc) is 3.41. The van der Waals surface area contributed by atoms with Crippen molar-refractivity contribution in [2.75, 3.05) is 19.7 Å². The standard InChI is InChI=1S/C28H33ClN8O5/c1-26(2)10-11-42-20-15(7-5-8-16(20)26)23(39)34-19-13-37-25(31)33-18(12-32-22(38)14-6-3-4-9-17(14)29)21-27(37,28(19,40)41)36-24(30)35-21/h3-9,18-19,21,40-41H,10-13H2,1-2H3,(H2,31,33)(H,32,38)(H,34,39)(H3,30,35,36)/p+1/t18-,19?,21-,27?/m0/s1. The molecule has 1 fully saturated rings. The van der Waals surface area contributed by atoms with Crippen LogP contribution in [0, 0.1) is 0 Å². The van der Waals surface area contributed by atoms with Gasteiger partial charge < -0.3 is 31.3 Å². The lowest BCUT2D eigenvalue weighted by molar-refractivity contribution is -0.521. The molecule has 0 saturated carbocycles. The molecule has 4 atom stereocenters. The summed E-state index contributed by atoms with van der Waals surface area (Å²) in [5, 5.41) is 32.3. The lowest BCUT2D eigenvalue weighted by atomic mass is 9.79. The summed E-state index contributed by atoms with van der Waals surface area (Å²) in [6.45, 7) is 4.52. The normalized spacial score (nSPS) is 28.2. The zero-order valence-electron chi connectivity index (χ0n) is 23.1. The van der Waals surface area contributed by atoms with E-state index in [1.807, 2.05) is 6.07 Å². The van der Waals surface area contributed by atoms with Gasteiger partial charge in [-0.2, -0.15) is 0 Å². The second-order valence-corrected chi connectivity index (χ2v) is 12.1. The van der Waals surface area contributed by atoms with Gasteiger partial charge in [0.05, 0.1) is 29.3 Å². The van der Waals surface area contributed by atoms with Crippen molar-refractivity contribution < 1.29 is 29.5 Å². The Morgan fingerprint density at radius 3 is 2.67 bits per heavy atom. The molecule has 0 bridgehead atoms. The fourth-order valence-corrected chi connectivity index (χ4v) is 6.68. The van der Waals surface area contributed by atoms with Gasteiger partial charge in [-0.1, -0.05) is 49.7 Å². The monoisotopic (exact) mass is 597 g/mol. The van der Waals surface area contributed by atoms with Gasteiger partial charge in [0.1, 0.15) is 17.8 Å². The van der Waals surface area contributed by atoms with Gasteiger partial charge >= 0.3 is 5.96 Å². The molecule has 2 aromatic rings. The van der Waals surface area contributed by atoms with Crippen molar-refractivity contribution in [1.82, 2.24) is 20.9 Å². The second-order valence-electron chi connectivity index (χ2n) is 11.7. The number of benzene rings is 2. The number of hydrogen-bond donors (Lipinski definition) is 8. The van der Waals surface area contributed by atoms with Crippen molar-refractivity contribution in [3.8, 4) is 5.75 Å². The van der Waals surface area contributed by atoms with Crippen LogP contribution < -0.4 is 37.1 Å². The number of para-hydroxylation sites is 1. The van der Waals surface area contributed by atoms with Crippen LogP contribution in [0.3, 0.4) is 0 Å². The molecule has 14 heteroatoms. The number of guanidine groups is 2. The minimum Gasteiger partial charge on any atom is -0.492 e. The van der Waals surface area contributed by atoms with E-state index in [2.05, 4.69) is 39.8 Å². The van der Waals surface area contributed by atoms with Crippen LogP contribution in [0.4, 0.5) is 0 Å². The van der Waals surface area contributed by atoms with Crippen LogP contribution >= 0.6 is 11.6 Å². The number of nitrogens with zero attached hydrogens (tertiary/aromatic N) is 2. The number of amides is 2. The summed E-state index contributed by atoms with van der Waals surface area (Å²) in [4.78, 5) is 35.5. The molecular formula is C28H34ClN8O5+. The maximum absolute atomic E-state index is 13.6. The highest BCUT2D eigenvalue weighted by atomic mass is 35.5. The van der Waals surface area contributed by atoms with Crippen molar-refractivity contribution in [3.05, 3.63) is 64.2 Å². The third kappa shape index (κ3) is 4.14. The first-order valence-electron chi connectivity index (χ1n) is 13.7. The molecule has 0 radical (unpaired) electrons. The predicted octanol–water partition coefficient (Wildman–Crippen LogP) is -2.31. The molecule has 42 heavy (non-hydrogen) atoms. The van der Waals surface area contributed by atoms with E-state index in [0.717, 1.165) is 12.0 Å². The summed E-state index contributed by atoms with van der Waals surface area (Å²) >= 11 is 6.17. The van der Waals surface area contributed by atoms with E-state index in [9.17, 15) is 19.8 Å². The van der Waals surface area contributed by atoms with Crippen molar-refractivity contribution in [2.24, 2.45) is 16.5 Å². The zero-order chi connectivity index (χ0) is 30.0. The molecule has 4 aliphatic heterocycles. The molecule has 2 aromatic carbocycles. The fourth-order valence-electron chi connectivity index (χ4n) is 6.46. The Kier molecular flexibility index (Phi) is 6.52. The zero-order valence-corrected chi connectivity index (χ0v) is 23.9. The van der Waals surface area contributed by atoms with Crippen molar-refractivity contribution in [2.45, 2.75) is 55.3 Å². The summed E-state index contributed by atoms with van der Waals surface area (Å²) in [7, 11) is 0. The number of hydrogen-bond acceptors (Lipinski definition) is 10. The lowest BCUT2D eigenvalue weighted by Gasteiger charge is -2.46. The number of carbonyl (C=O) groups is 2. The van der Waals surface area contributed by atoms with E-state index in [4.69, 9.17) is 27.8 Å². The minimum atomic E-state index is -2.60. The Morgan fingerprint density at radius 1 is 1.17 bits per heavy atom. The van der Waals surface area contributed by atoms with Gasteiger partial charge in [-0.05, 0) is 30.0 Å². The van der Waals surface area contributed by atoms with Crippen LogP contribution in [0.1, 0.15) is 46.5 Å². The molecule has 2 unspecified atom stereocenters. The van der Waals surface area contributed by atoms with Gasteiger partial charge in [0, 0.05) is 12.1 Å². The Hall–Kier alpha value is -4.07. The van der Waals surface area contributed by atoms with E-state index in [1.54, 1.807) is 36.4 Å². The highest BCUT2D eigenvalue weighted by Crippen LogP contribution is 2.43. The molecule has 222 valence electrons. The maximum Gasteiger partial charge on any atom is 0.343 e. The van der Waals surface area contributed by atoms with Crippen molar-refractivity contribution >= 4 is 35.3 Å². The molecule has 0 aromatic heterocycles. The topological polar surface area (TPSA) is 202 Å². The minimum absolute atomic E-state index is 0.0151. The molecular weight excluding hydrogens is 564 g/mol. The Bertz CT molecular complexity index is 1530. The number of nitrogens with one attached hydrogen (secondary N) is 4. The van der Waals surface area contributed by atoms with Gasteiger partial charge in [0.25, 0.3) is 17.5 Å². The fraction of sp³-hybridized carbons (Fsp3) is 0.429. The van der Waals surface area contributed by atoms with Crippen molar-refractivity contribution in [1.29, 1.82) is 0 Å². The smallest absolute Gasteiger partial charge is 0.343 e. The van der Waals surface area contributed by atoms with E-state index in [0.29, 0.717) is 17.9 Å². The van der Waals surface area contributed by atoms with Crippen molar-refractivity contribution in [3.63, 3.8) is 0 Å². The Balaban J connectivity index is 1.27. The number of aliphatic imine (C=N–C) groups is 1. The number of ether oxygens (including phenoxy) is 1. The summed E-state index contributed by atoms with van der Waals surface area (Å²) < 4.78 is 5.90. The molecule has 2 amide bonds. The van der Waals surface area contributed by atoms with Gasteiger partial charge in [0.2, 0.25) is 5.79 Å². The largest absolute Gasteiger partial charge is 0.492 e. The number of fused-ring (bicyclic) bond motifs is 1. The number of halogens is 1. The molecule has 0 aliphatic carbocycles. The Morgan fingerprint density at radius 2 is 1.90 bits per heavy atom. The number of aliphatic hydroxyl groups is 2. The molecule has 4 heterocycles. The summed E-state index contributed by atoms with van der Waals surface area (Å²) in [6, 6.07) is 9.12. The average molecular weight is 598 g/mol. The van der Waals surface area contributed by atoms with Crippen LogP contribution in [0.5, 0.6) is 5.75 Å². The molecule has 10 N–H and O–H groups in total. The Labute approximate surface area is 247 Å². The van der Waals surface area contributed by atoms with Crippen LogP contribution in [-0.2, 0) is 5.41 Å². The van der Waals surface area contributed by atoms with Gasteiger partial charge in [0.15, 0.2) is 12.0 Å².